The minimum Gasteiger partial charge on any atom is -0.493 e. The summed E-state index contributed by atoms with van der Waals surface area (Å²) in [6, 6.07) is 19.1. The van der Waals surface area contributed by atoms with E-state index in [9.17, 15) is 23.2 Å². The number of aryl methyl sites for hydroxylation is 2. The highest BCUT2D eigenvalue weighted by Gasteiger charge is 2.20. The second kappa shape index (κ2) is 15.9. The van der Waals surface area contributed by atoms with E-state index in [0.29, 0.717) is 28.0 Å². The molecule has 0 aliphatic rings. The first-order valence-electron chi connectivity index (χ1n) is 15.8. The standard InChI is InChI=1S/C36H27F3N4O6.C2H6/c1-47-32-18-25-29(19-33(32)48-2)40-15-13-30(25)49-31-12-9-23(17-28(31)39)41-34(44)26-20-42(16-14-21-5-3-4-6-27(21)38)36(46)43(35(26)45)24-10-7-22(37)8-11-24;1-2/h3-13,15,17-20H,14,16H2,1-2H3,(H,41,44);1-2H3. The number of rotatable bonds is 10. The number of amides is 1. The maximum atomic E-state index is 15.4. The maximum absolute atomic E-state index is 15.4. The van der Waals surface area contributed by atoms with Crippen molar-refractivity contribution in [1.29, 1.82) is 0 Å². The summed E-state index contributed by atoms with van der Waals surface area (Å²) in [5.74, 6) is -1.87. The first-order chi connectivity index (χ1) is 24.7. The quantitative estimate of drug-likeness (QED) is 0.160. The lowest BCUT2D eigenvalue weighted by Gasteiger charge is -2.14. The van der Waals surface area contributed by atoms with E-state index in [-0.39, 0.29) is 35.8 Å². The fourth-order valence-electron chi connectivity index (χ4n) is 5.19. The zero-order valence-corrected chi connectivity index (χ0v) is 28.1. The normalized spacial score (nSPS) is 10.6. The lowest BCUT2D eigenvalue weighted by molar-refractivity contribution is 0.102. The van der Waals surface area contributed by atoms with E-state index >= 15 is 4.39 Å². The Morgan fingerprint density at radius 1 is 0.804 bits per heavy atom. The van der Waals surface area contributed by atoms with Gasteiger partial charge in [-0.3, -0.25) is 19.1 Å². The summed E-state index contributed by atoms with van der Waals surface area (Å²) >= 11 is 0. The van der Waals surface area contributed by atoms with Crippen molar-refractivity contribution in [1.82, 2.24) is 14.1 Å². The van der Waals surface area contributed by atoms with E-state index < -0.39 is 40.2 Å². The maximum Gasteiger partial charge on any atom is 0.335 e. The van der Waals surface area contributed by atoms with E-state index in [2.05, 4.69) is 10.3 Å². The number of pyridine rings is 1. The van der Waals surface area contributed by atoms with E-state index in [4.69, 9.17) is 14.2 Å². The number of halogens is 3. The summed E-state index contributed by atoms with van der Waals surface area (Å²) in [4.78, 5) is 44.7. The molecular formula is C38H33F3N4O6. The fraction of sp³-hybridized carbons (Fsp3) is 0.158. The molecule has 0 unspecified atom stereocenters. The number of benzene rings is 4. The molecule has 51 heavy (non-hydrogen) atoms. The third-order valence-electron chi connectivity index (χ3n) is 7.68. The van der Waals surface area contributed by atoms with Crippen LogP contribution in [0.5, 0.6) is 23.0 Å². The minimum atomic E-state index is -0.992. The molecule has 10 nitrogen and oxygen atoms in total. The molecule has 13 heteroatoms. The van der Waals surface area contributed by atoms with Crippen LogP contribution in [0.1, 0.15) is 29.8 Å². The number of fused-ring (bicyclic) bond motifs is 1. The van der Waals surface area contributed by atoms with Gasteiger partial charge in [-0.2, -0.15) is 0 Å². The van der Waals surface area contributed by atoms with Crippen LogP contribution in [0.4, 0.5) is 18.9 Å². The predicted molar refractivity (Wildman–Crippen MR) is 187 cm³/mol. The SMILES string of the molecule is CC.COc1cc2nccc(Oc3ccc(NC(=O)c4cn(CCc5ccccc5F)c(=O)n(-c5ccc(F)cc5)c4=O)cc3F)c2cc1OC. The Kier molecular flexibility index (Phi) is 11.2. The average molecular weight is 699 g/mol. The monoisotopic (exact) mass is 698 g/mol. The molecular weight excluding hydrogens is 665 g/mol. The molecule has 0 aliphatic carbocycles. The van der Waals surface area contributed by atoms with Crippen LogP contribution in [0.15, 0.2) is 107 Å². The van der Waals surface area contributed by atoms with Gasteiger partial charge in [-0.1, -0.05) is 32.0 Å². The van der Waals surface area contributed by atoms with Gasteiger partial charge >= 0.3 is 5.69 Å². The zero-order chi connectivity index (χ0) is 36.7. The molecule has 0 bridgehead atoms. The van der Waals surface area contributed by atoms with Crippen LogP contribution in [0.25, 0.3) is 16.6 Å². The molecule has 0 radical (unpaired) electrons. The van der Waals surface area contributed by atoms with Crippen LogP contribution in [0, 0.1) is 17.5 Å². The Labute approximate surface area is 290 Å². The average Bonchev–Trinajstić information content (AvgIpc) is 3.14. The van der Waals surface area contributed by atoms with Crippen molar-refractivity contribution in [3.63, 3.8) is 0 Å². The number of nitrogens with zero attached hydrogens (tertiary/aromatic N) is 3. The van der Waals surface area contributed by atoms with Gasteiger partial charge in [0.05, 0.1) is 25.4 Å². The second-order valence-electron chi connectivity index (χ2n) is 10.7. The van der Waals surface area contributed by atoms with Gasteiger partial charge in [-0.05, 0) is 66.6 Å². The molecule has 2 heterocycles. The minimum absolute atomic E-state index is 0.0120. The fourth-order valence-corrected chi connectivity index (χ4v) is 5.19. The Hall–Kier alpha value is -6.37. The topological polar surface area (TPSA) is 114 Å². The highest BCUT2D eigenvalue weighted by molar-refractivity contribution is 6.04. The van der Waals surface area contributed by atoms with Crippen LogP contribution in [0.3, 0.4) is 0 Å². The van der Waals surface area contributed by atoms with E-state index in [1.54, 1.807) is 30.3 Å². The number of ether oxygens (including phenoxy) is 3. The summed E-state index contributed by atoms with van der Waals surface area (Å²) in [6.07, 6.45) is 2.62. The number of aromatic nitrogens is 3. The van der Waals surface area contributed by atoms with Gasteiger partial charge in [0.1, 0.15) is 22.9 Å². The molecule has 1 amide bonds. The molecule has 1 N–H and O–H groups in total. The van der Waals surface area contributed by atoms with E-state index in [1.165, 1.54) is 56.8 Å². The third-order valence-corrected chi connectivity index (χ3v) is 7.68. The molecule has 6 rings (SSSR count). The van der Waals surface area contributed by atoms with Gasteiger partial charge in [-0.15, -0.1) is 0 Å². The zero-order valence-electron chi connectivity index (χ0n) is 28.1. The van der Waals surface area contributed by atoms with Gasteiger partial charge in [-0.25, -0.2) is 22.5 Å². The Bertz CT molecular complexity index is 2320. The molecule has 0 atom stereocenters. The number of hydrogen-bond donors (Lipinski definition) is 1. The molecule has 6 aromatic rings. The van der Waals surface area contributed by atoms with Crippen molar-refractivity contribution in [2.75, 3.05) is 19.5 Å². The summed E-state index contributed by atoms with van der Waals surface area (Å²) in [5.41, 5.74) is -1.45. The molecule has 0 aliphatic heterocycles. The van der Waals surface area contributed by atoms with Gasteiger partial charge in [0.25, 0.3) is 11.5 Å². The van der Waals surface area contributed by atoms with Gasteiger partial charge in [0.2, 0.25) is 0 Å². The van der Waals surface area contributed by atoms with Crippen molar-refractivity contribution in [3.8, 4) is 28.7 Å². The third kappa shape index (κ3) is 7.77. The van der Waals surface area contributed by atoms with Crippen molar-refractivity contribution >= 4 is 22.5 Å². The highest BCUT2D eigenvalue weighted by atomic mass is 19.1. The van der Waals surface area contributed by atoms with Crippen molar-refractivity contribution in [2.45, 2.75) is 26.8 Å². The Morgan fingerprint density at radius 3 is 2.20 bits per heavy atom. The van der Waals surface area contributed by atoms with Crippen molar-refractivity contribution in [3.05, 3.63) is 147 Å². The van der Waals surface area contributed by atoms with Crippen LogP contribution >= 0.6 is 0 Å². The molecule has 0 saturated carbocycles. The van der Waals surface area contributed by atoms with Crippen molar-refractivity contribution < 1.29 is 32.2 Å². The van der Waals surface area contributed by atoms with E-state index in [0.717, 1.165) is 33.5 Å². The van der Waals surface area contributed by atoms with Crippen molar-refractivity contribution in [2.24, 2.45) is 0 Å². The smallest absolute Gasteiger partial charge is 0.335 e. The number of carbonyl (C=O) groups excluding carboxylic acids is 1. The molecule has 0 spiro atoms. The molecule has 4 aromatic carbocycles. The summed E-state index contributed by atoms with van der Waals surface area (Å²) in [6.45, 7) is 3.91. The second-order valence-corrected chi connectivity index (χ2v) is 10.7. The van der Waals surface area contributed by atoms with E-state index in [1.807, 2.05) is 13.8 Å². The highest BCUT2D eigenvalue weighted by Crippen LogP contribution is 2.37. The summed E-state index contributed by atoms with van der Waals surface area (Å²) < 4.78 is 61.7. The van der Waals surface area contributed by atoms with Gasteiger partial charge in [0, 0.05) is 42.1 Å². The first kappa shape index (κ1) is 35.9. The number of hydrogen-bond acceptors (Lipinski definition) is 7. The molecule has 2 aromatic heterocycles. The molecule has 262 valence electrons. The van der Waals surface area contributed by atoms with Crippen LogP contribution in [-0.2, 0) is 13.0 Å². The summed E-state index contributed by atoms with van der Waals surface area (Å²) in [5, 5.41) is 3.01. The largest absolute Gasteiger partial charge is 0.493 e. The van der Waals surface area contributed by atoms with Crippen LogP contribution in [-0.4, -0.2) is 34.2 Å². The Morgan fingerprint density at radius 2 is 1.51 bits per heavy atom. The van der Waals surface area contributed by atoms with Gasteiger partial charge < -0.3 is 19.5 Å². The molecule has 0 saturated heterocycles. The predicted octanol–water partition coefficient (Wildman–Crippen LogP) is 7.30. The number of anilines is 1. The van der Waals surface area contributed by atoms with Crippen LogP contribution in [0.2, 0.25) is 0 Å². The van der Waals surface area contributed by atoms with Crippen LogP contribution < -0.4 is 30.8 Å². The lowest BCUT2D eigenvalue weighted by Crippen LogP contribution is -2.42. The first-order valence-corrected chi connectivity index (χ1v) is 15.8. The summed E-state index contributed by atoms with van der Waals surface area (Å²) in [7, 11) is 2.97. The van der Waals surface area contributed by atoms with Gasteiger partial charge in [0.15, 0.2) is 23.1 Å². The molecule has 0 fully saturated rings. The Balaban J connectivity index is 0.00000248. The number of nitrogens with one attached hydrogen (secondary N) is 1. The number of methoxy groups -OCH3 is 2. The number of carbonyl (C=O) groups is 1. The lowest BCUT2D eigenvalue weighted by atomic mass is 10.1.